The molecule has 0 fully saturated rings. The van der Waals surface area contributed by atoms with Crippen molar-refractivity contribution in [2.24, 2.45) is 0 Å². The number of hydrogen-bond donors (Lipinski definition) is 0. The SMILES string of the molecule is CC(C)c1ccccc1.c1ccccc1.c1ccccc1. The number of rotatable bonds is 1. The zero-order valence-corrected chi connectivity index (χ0v) is 12.9. The molecule has 3 aromatic carbocycles. The Hall–Kier alpha value is -2.34. The Labute approximate surface area is 129 Å². The lowest BCUT2D eigenvalue weighted by molar-refractivity contribution is 0.867. The van der Waals surface area contributed by atoms with Gasteiger partial charge in [-0.2, -0.15) is 0 Å². The fraction of sp³-hybridized carbons (Fsp3) is 0.143. The molecule has 0 nitrogen and oxygen atoms in total. The van der Waals surface area contributed by atoms with Crippen LogP contribution in [0.2, 0.25) is 0 Å². The van der Waals surface area contributed by atoms with Crippen LogP contribution in [0.3, 0.4) is 0 Å². The minimum absolute atomic E-state index is 0.659. The average molecular weight is 276 g/mol. The first kappa shape index (κ1) is 16.7. The number of benzene rings is 3. The molecule has 0 aliphatic heterocycles. The molecule has 0 N–H and O–H groups in total. The summed E-state index contributed by atoms with van der Waals surface area (Å²) < 4.78 is 0. The van der Waals surface area contributed by atoms with E-state index in [0.29, 0.717) is 5.92 Å². The van der Waals surface area contributed by atoms with E-state index in [1.165, 1.54) is 5.56 Å². The Bertz CT molecular complexity index is 442. The highest BCUT2D eigenvalue weighted by Crippen LogP contribution is 2.11. The zero-order valence-electron chi connectivity index (χ0n) is 12.9. The second kappa shape index (κ2) is 11.5. The van der Waals surface area contributed by atoms with E-state index in [2.05, 4.69) is 38.1 Å². The van der Waals surface area contributed by atoms with Gasteiger partial charge < -0.3 is 0 Å². The van der Waals surface area contributed by atoms with Crippen LogP contribution in [0, 0.1) is 0 Å². The first-order valence-electron chi connectivity index (χ1n) is 7.35. The van der Waals surface area contributed by atoms with Crippen LogP contribution in [0.25, 0.3) is 0 Å². The van der Waals surface area contributed by atoms with Crippen molar-refractivity contribution in [1.29, 1.82) is 0 Å². The molecule has 0 aliphatic carbocycles. The van der Waals surface area contributed by atoms with Gasteiger partial charge >= 0.3 is 0 Å². The maximum atomic E-state index is 2.20. The molecule has 0 saturated heterocycles. The highest BCUT2D eigenvalue weighted by Gasteiger charge is 1.93. The summed E-state index contributed by atoms with van der Waals surface area (Å²) in [4.78, 5) is 0. The van der Waals surface area contributed by atoms with Crippen LogP contribution in [0.1, 0.15) is 25.3 Å². The van der Waals surface area contributed by atoms with Crippen LogP contribution in [0.4, 0.5) is 0 Å². The molecule has 0 bridgehead atoms. The van der Waals surface area contributed by atoms with E-state index in [1.54, 1.807) is 0 Å². The molecule has 3 aromatic rings. The molecule has 0 spiro atoms. The van der Waals surface area contributed by atoms with Gasteiger partial charge in [0.15, 0.2) is 0 Å². The third kappa shape index (κ3) is 9.23. The molecule has 108 valence electrons. The summed E-state index contributed by atoms with van der Waals surface area (Å²) in [6.07, 6.45) is 0. The van der Waals surface area contributed by atoms with E-state index < -0.39 is 0 Å². The summed E-state index contributed by atoms with van der Waals surface area (Å²) in [6.45, 7) is 4.41. The molecule has 0 heterocycles. The topological polar surface area (TPSA) is 0 Å². The van der Waals surface area contributed by atoms with Gasteiger partial charge in [-0.1, -0.05) is 117 Å². The summed E-state index contributed by atoms with van der Waals surface area (Å²) in [6, 6.07) is 34.5. The van der Waals surface area contributed by atoms with Crippen LogP contribution in [0.15, 0.2) is 103 Å². The summed E-state index contributed by atoms with van der Waals surface area (Å²) in [7, 11) is 0. The van der Waals surface area contributed by atoms with Crippen molar-refractivity contribution in [1.82, 2.24) is 0 Å². The molecule has 0 aromatic heterocycles. The molecule has 0 radical (unpaired) electrons. The standard InChI is InChI=1S/C9H12.2C6H6/c1-8(2)9-6-4-3-5-7-9;2*1-2-4-6-5-3-1/h3-8H,1-2H3;2*1-6H. The van der Waals surface area contributed by atoms with Crippen LogP contribution in [0.5, 0.6) is 0 Å². The quantitative estimate of drug-likeness (QED) is 0.497. The Kier molecular flexibility index (Phi) is 9.14. The van der Waals surface area contributed by atoms with Gasteiger partial charge in [0.05, 0.1) is 0 Å². The molecule has 0 aliphatic rings. The van der Waals surface area contributed by atoms with Crippen LogP contribution < -0.4 is 0 Å². The maximum absolute atomic E-state index is 2.20. The lowest BCUT2D eigenvalue weighted by Gasteiger charge is -2.01. The van der Waals surface area contributed by atoms with E-state index in [1.807, 2.05) is 78.9 Å². The van der Waals surface area contributed by atoms with Gasteiger partial charge in [-0.05, 0) is 11.5 Å². The second-order valence-corrected chi connectivity index (χ2v) is 4.87. The summed E-state index contributed by atoms with van der Waals surface area (Å²) >= 11 is 0. The highest BCUT2D eigenvalue weighted by atomic mass is 14.0. The van der Waals surface area contributed by atoms with E-state index in [-0.39, 0.29) is 0 Å². The third-order valence-corrected chi connectivity index (χ3v) is 2.80. The Balaban J connectivity index is 0.000000163. The second-order valence-electron chi connectivity index (χ2n) is 4.87. The highest BCUT2D eigenvalue weighted by molar-refractivity contribution is 5.17. The van der Waals surface area contributed by atoms with Crippen molar-refractivity contribution in [2.75, 3.05) is 0 Å². The first-order chi connectivity index (χ1) is 10.3. The van der Waals surface area contributed by atoms with E-state index in [9.17, 15) is 0 Å². The monoisotopic (exact) mass is 276 g/mol. The molecule has 0 atom stereocenters. The minimum Gasteiger partial charge on any atom is -0.0623 e. The van der Waals surface area contributed by atoms with Gasteiger partial charge in [0.2, 0.25) is 0 Å². The van der Waals surface area contributed by atoms with Crippen molar-refractivity contribution in [2.45, 2.75) is 19.8 Å². The molecule has 0 saturated carbocycles. The van der Waals surface area contributed by atoms with Crippen LogP contribution in [-0.2, 0) is 0 Å². The van der Waals surface area contributed by atoms with Crippen molar-refractivity contribution < 1.29 is 0 Å². The predicted octanol–water partition coefficient (Wildman–Crippen LogP) is 6.18. The fourth-order valence-corrected chi connectivity index (χ4v) is 1.61. The lowest BCUT2D eigenvalue weighted by Crippen LogP contribution is -1.83. The summed E-state index contributed by atoms with van der Waals surface area (Å²) in [5.74, 6) is 0.659. The van der Waals surface area contributed by atoms with Gasteiger partial charge in [-0.3, -0.25) is 0 Å². The Morgan fingerprint density at radius 3 is 0.857 bits per heavy atom. The van der Waals surface area contributed by atoms with E-state index in [4.69, 9.17) is 0 Å². The smallest absolute Gasteiger partial charge is 0.0219 e. The number of hydrogen-bond acceptors (Lipinski definition) is 0. The summed E-state index contributed by atoms with van der Waals surface area (Å²) in [5, 5.41) is 0. The van der Waals surface area contributed by atoms with Crippen LogP contribution in [-0.4, -0.2) is 0 Å². The third-order valence-electron chi connectivity index (χ3n) is 2.80. The average Bonchev–Trinajstić information content (AvgIpc) is 2.60. The first-order valence-corrected chi connectivity index (χ1v) is 7.35. The molecular formula is C21H24. The molecule has 0 amide bonds. The zero-order chi connectivity index (χ0) is 15.2. The van der Waals surface area contributed by atoms with E-state index in [0.717, 1.165) is 0 Å². The molecule has 0 heteroatoms. The van der Waals surface area contributed by atoms with Crippen molar-refractivity contribution in [3.8, 4) is 0 Å². The van der Waals surface area contributed by atoms with Crippen molar-refractivity contribution in [3.05, 3.63) is 109 Å². The van der Waals surface area contributed by atoms with Gasteiger partial charge in [0.1, 0.15) is 0 Å². The van der Waals surface area contributed by atoms with Crippen molar-refractivity contribution >= 4 is 0 Å². The van der Waals surface area contributed by atoms with Gasteiger partial charge in [0.25, 0.3) is 0 Å². The summed E-state index contributed by atoms with van der Waals surface area (Å²) in [5.41, 5.74) is 1.41. The van der Waals surface area contributed by atoms with Crippen LogP contribution >= 0.6 is 0 Å². The van der Waals surface area contributed by atoms with E-state index >= 15 is 0 Å². The lowest BCUT2D eigenvalue weighted by atomic mass is 10.0. The predicted molar refractivity (Wildman–Crippen MR) is 93.4 cm³/mol. The molecule has 0 unspecified atom stereocenters. The minimum atomic E-state index is 0.659. The van der Waals surface area contributed by atoms with Crippen molar-refractivity contribution in [3.63, 3.8) is 0 Å². The largest absolute Gasteiger partial charge is 0.0623 e. The van der Waals surface area contributed by atoms with Gasteiger partial charge in [-0.15, -0.1) is 0 Å². The maximum Gasteiger partial charge on any atom is -0.0219 e. The molecule has 3 rings (SSSR count). The van der Waals surface area contributed by atoms with Gasteiger partial charge in [0, 0.05) is 0 Å². The molecular weight excluding hydrogens is 252 g/mol. The van der Waals surface area contributed by atoms with Gasteiger partial charge in [-0.25, -0.2) is 0 Å². The Morgan fingerprint density at radius 1 is 0.429 bits per heavy atom. The fourth-order valence-electron chi connectivity index (χ4n) is 1.61. The molecule has 21 heavy (non-hydrogen) atoms. The normalized spacial score (nSPS) is 8.90. The Morgan fingerprint density at radius 2 is 0.667 bits per heavy atom.